The number of halogens is 3. The molecule has 0 bridgehead atoms. The Balaban J connectivity index is 2.13. The van der Waals surface area contributed by atoms with Crippen molar-refractivity contribution >= 4 is 39.1 Å². The number of hydrogen-bond acceptors (Lipinski definition) is 3. The Morgan fingerprint density at radius 3 is 2.71 bits per heavy atom. The average molecular weight is 375 g/mol. The van der Waals surface area contributed by atoms with Crippen molar-refractivity contribution < 1.29 is 9.18 Å². The van der Waals surface area contributed by atoms with Crippen molar-refractivity contribution in [3.05, 3.63) is 61.7 Å². The smallest absolute Gasteiger partial charge is 0.286 e. The second kappa shape index (κ2) is 6.28. The van der Waals surface area contributed by atoms with Crippen LogP contribution < -0.4 is 16.4 Å². The van der Waals surface area contributed by atoms with Crippen molar-refractivity contribution in [1.82, 2.24) is 9.99 Å². The van der Waals surface area contributed by atoms with Gasteiger partial charge in [0.25, 0.3) is 11.5 Å². The molecule has 0 fully saturated rings. The number of nitrogens with zero attached hydrogens (tertiary/aromatic N) is 1. The summed E-state index contributed by atoms with van der Waals surface area (Å²) in [6.45, 7) is 0. The molecule has 1 heterocycles. The van der Waals surface area contributed by atoms with Crippen molar-refractivity contribution in [2.45, 2.75) is 0 Å². The van der Waals surface area contributed by atoms with E-state index >= 15 is 0 Å². The van der Waals surface area contributed by atoms with Crippen molar-refractivity contribution in [3.63, 3.8) is 0 Å². The fourth-order valence-corrected chi connectivity index (χ4v) is 2.30. The molecule has 1 aromatic heterocycles. The number of rotatable bonds is 3. The first-order valence-corrected chi connectivity index (χ1v) is 6.93. The molecule has 8 heteroatoms. The zero-order chi connectivity index (χ0) is 15.6. The highest BCUT2D eigenvalue weighted by molar-refractivity contribution is 9.10. The van der Waals surface area contributed by atoms with E-state index in [1.165, 1.54) is 13.2 Å². The second-order valence-electron chi connectivity index (χ2n) is 4.20. The highest BCUT2D eigenvalue weighted by Gasteiger charge is 2.11. The van der Waals surface area contributed by atoms with Crippen LogP contribution in [0.25, 0.3) is 0 Å². The topological polar surface area (TPSA) is 63.1 Å². The maximum atomic E-state index is 13.3. The normalized spacial score (nSPS) is 10.3. The SMILES string of the molecule is Cn1cc(C(=O)NNc2ccc(Br)cc2Cl)cc(F)c1=O. The van der Waals surface area contributed by atoms with Crippen molar-refractivity contribution in [3.8, 4) is 0 Å². The fraction of sp³-hybridized carbons (Fsp3) is 0.0769. The Hall–Kier alpha value is -1.86. The summed E-state index contributed by atoms with van der Waals surface area (Å²) in [4.78, 5) is 23.1. The lowest BCUT2D eigenvalue weighted by atomic mass is 10.2. The molecule has 2 N–H and O–H groups in total. The number of nitrogens with one attached hydrogen (secondary N) is 2. The molecule has 21 heavy (non-hydrogen) atoms. The molecule has 1 aromatic carbocycles. The van der Waals surface area contributed by atoms with Gasteiger partial charge in [0.2, 0.25) is 0 Å². The molecular formula is C13H10BrClFN3O2. The summed E-state index contributed by atoms with van der Waals surface area (Å²) in [5.74, 6) is -1.59. The molecule has 0 aliphatic carbocycles. The van der Waals surface area contributed by atoms with E-state index in [0.29, 0.717) is 10.7 Å². The van der Waals surface area contributed by atoms with Crippen molar-refractivity contribution in [2.75, 3.05) is 5.43 Å². The molecular weight excluding hydrogens is 365 g/mol. The molecule has 2 rings (SSSR count). The molecule has 0 atom stereocenters. The molecule has 0 aliphatic heterocycles. The maximum Gasteiger partial charge on any atom is 0.286 e. The molecule has 0 unspecified atom stereocenters. The molecule has 0 saturated heterocycles. The zero-order valence-electron chi connectivity index (χ0n) is 10.8. The van der Waals surface area contributed by atoms with Gasteiger partial charge in [-0.05, 0) is 24.3 Å². The number of pyridine rings is 1. The number of benzene rings is 1. The average Bonchev–Trinajstić information content (AvgIpc) is 2.43. The predicted molar refractivity (Wildman–Crippen MR) is 81.9 cm³/mol. The van der Waals surface area contributed by atoms with E-state index in [1.54, 1.807) is 18.2 Å². The van der Waals surface area contributed by atoms with Crippen molar-refractivity contribution in [2.24, 2.45) is 7.05 Å². The van der Waals surface area contributed by atoms with E-state index in [2.05, 4.69) is 26.8 Å². The van der Waals surface area contributed by atoms with Crippen LogP contribution in [0.15, 0.2) is 39.7 Å². The molecule has 0 radical (unpaired) electrons. The Kier molecular flexibility index (Phi) is 4.64. The van der Waals surface area contributed by atoms with Gasteiger partial charge in [0.15, 0.2) is 5.82 Å². The molecule has 5 nitrogen and oxygen atoms in total. The van der Waals surface area contributed by atoms with Crippen LogP contribution in [-0.4, -0.2) is 10.5 Å². The van der Waals surface area contributed by atoms with Gasteiger partial charge in [-0.25, -0.2) is 4.39 Å². The van der Waals surface area contributed by atoms with Gasteiger partial charge in [-0.2, -0.15) is 0 Å². The summed E-state index contributed by atoms with van der Waals surface area (Å²) in [6.07, 6.45) is 1.24. The van der Waals surface area contributed by atoms with Gasteiger partial charge in [0.1, 0.15) is 0 Å². The van der Waals surface area contributed by atoms with Crippen LogP contribution in [-0.2, 0) is 7.05 Å². The molecule has 0 spiro atoms. The van der Waals surface area contributed by atoms with Gasteiger partial charge < -0.3 is 4.57 Å². The highest BCUT2D eigenvalue weighted by Crippen LogP contribution is 2.24. The summed E-state index contributed by atoms with van der Waals surface area (Å²) in [7, 11) is 1.36. The highest BCUT2D eigenvalue weighted by atomic mass is 79.9. The van der Waals surface area contributed by atoms with Gasteiger partial charge in [0.05, 0.1) is 16.3 Å². The largest absolute Gasteiger partial charge is 0.315 e. The molecule has 110 valence electrons. The summed E-state index contributed by atoms with van der Waals surface area (Å²) in [6, 6.07) is 5.94. The van der Waals surface area contributed by atoms with Gasteiger partial charge in [-0.3, -0.25) is 20.4 Å². The molecule has 2 aromatic rings. The predicted octanol–water partition coefficient (Wildman–Crippen LogP) is 2.70. The number of aryl methyl sites for hydroxylation is 1. The minimum atomic E-state index is -0.994. The standard InChI is InChI=1S/C13H10BrClFN3O2/c1-19-6-7(4-10(16)13(19)21)12(20)18-17-11-3-2-8(14)5-9(11)15/h2-6,17H,1H3,(H,18,20). The van der Waals surface area contributed by atoms with Crippen LogP contribution >= 0.6 is 27.5 Å². The lowest BCUT2D eigenvalue weighted by molar-refractivity contribution is 0.0961. The molecule has 0 saturated carbocycles. The van der Waals surface area contributed by atoms with Crippen LogP contribution in [0.3, 0.4) is 0 Å². The second-order valence-corrected chi connectivity index (χ2v) is 5.52. The number of carbonyl (C=O) groups is 1. The van der Waals surface area contributed by atoms with E-state index in [9.17, 15) is 14.0 Å². The third-order valence-corrected chi connectivity index (χ3v) is 3.45. The van der Waals surface area contributed by atoms with E-state index in [1.807, 2.05) is 0 Å². The number of amides is 1. The number of hydrazine groups is 1. The quantitative estimate of drug-likeness (QED) is 0.812. The fourth-order valence-electron chi connectivity index (χ4n) is 1.58. The van der Waals surface area contributed by atoms with Crippen molar-refractivity contribution in [1.29, 1.82) is 0 Å². The van der Waals surface area contributed by atoms with Crippen LogP contribution in [0.5, 0.6) is 0 Å². The van der Waals surface area contributed by atoms with Gasteiger partial charge in [-0.15, -0.1) is 0 Å². The van der Waals surface area contributed by atoms with Crippen LogP contribution in [0.2, 0.25) is 5.02 Å². The Morgan fingerprint density at radius 2 is 2.10 bits per heavy atom. The zero-order valence-corrected chi connectivity index (χ0v) is 13.1. The van der Waals surface area contributed by atoms with E-state index in [0.717, 1.165) is 15.1 Å². The van der Waals surface area contributed by atoms with E-state index in [-0.39, 0.29) is 5.56 Å². The summed E-state index contributed by atoms with van der Waals surface area (Å²) in [5, 5.41) is 0.399. The van der Waals surface area contributed by atoms with E-state index in [4.69, 9.17) is 11.6 Å². The van der Waals surface area contributed by atoms with Crippen LogP contribution in [0, 0.1) is 5.82 Å². The lowest BCUT2D eigenvalue weighted by Crippen LogP contribution is -2.31. The number of carbonyl (C=O) groups excluding carboxylic acids is 1. The third kappa shape index (κ3) is 3.62. The number of aromatic nitrogens is 1. The first-order valence-electron chi connectivity index (χ1n) is 5.76. The van der Waals surface area contributed by atoms with Crippen LogP contribution in [0.4, 0.5) is 10.1 Å². The molecule has 0 aliphatic rings. The Bertz CT molecular complexity index is 737. The first kappa shape index (κ1) is 15.5. The summed E-state index contributed by atoms with van der Waals surface area (Å²) >= 11 is 9.24. The van der Waals surface area contributed by atoms with Gasteiger partial charge in [-0.1, -0.05) is 27.5 Å². The minimum absolute atomic E-state index is 0.00957. The minimum Gasteiger partial charge on any atom is -0.315 e. The van der Waals surface area contributed by atoms with Gasteiger partial charge in [0, 0.05) is 17.7 Å². The summed E-state index contributed by atoms with van der Waals surface area (Å²) in [5.41, 5.74) is 4.71. The van der Waals surface area contributed by atoms with Crippen LogP contribution in [0.1, 0.15) is 10.4 Å². The Labute approximate surface area is 132 Å². The van der Waals surface area contributed by atoms with E-state index < -0.39 is 17.3 Å². The first-order chi connectivity index (χ1) is 9.88. The van der Waals surface area contributed by atoms with Gasteiger partial charge >= 0.3 is 0 Å². The third-order valence-electron chi connectivity index (χ3n) is 2.64. The molecule has 1 amide bonds. The Morgan fingerprint density at radius 1 is 1.38 bits per heavy atom. The maximum absolute atomic E-state index is 13.3. The number of anilines is 1. The number of hydrogen-bond donors (Lipinski definition) is 2. The monoisotopic (exact) mass is 373 g/mol. The summed E-state index contributed by atoms with van der Waals surface area (Å²) < 4.78 is 15.1. The lowest BCUT2D eigenvalue weighted by Gasteiger charge is -2.11.